The van der Waals surface area contributed by atoms with Gasteiger partial charge in [0.15, 0.2) is 0 Å². The second-order valence-electron chi connectivity index (χ2n) is 6.68. The van der Waals surface area contributed by atoms with Gasteiger partial charge in [-0.2, -0.15) is 14.6 Å². The van der Waals surface area contributed by atoms with Gasteiger partial charge in [0.25, 0.3) is 5.78 Å². The highest BCUT2D eigenvalue weighted by Gasteiger charge is 2.31. The molecule has 0 saturated heterocycles. The number of fused-ring (bicyclic) bond motifs is 1. The van der Waals surface area contributed by atoms with Gasteiger partial charge in [0, 0.05) is 36.9 Å². The fraction of sp³-hybridized carbons (Fsp3) is 0.333. The predicted octanol–water partition coefficient (Wildman–Crippen LogP) is 2.37. The number of aromatic nitrogens is 4. The van der Waals surface area contributed by atoms with Crippen molar-refractivity contribution in [3.8, 4) is 0 Å². The lowest BCUT2D eigenvalue weighted by atomic mass is 10.0. The Morgan fingerprint density at radius 1 is 1.31 bits per heavy atom. The van der Waals surface area contributed by atoms with Crippen LogP contribution in [0, 0.1) is 5.41 Å². The van der Waals surface area contributed by atoms with Crippen molar-refractivity contribution in [1.29, 1.82) is 5.41 Å². The Balaban J connectivity index is 1.79. The van der Waals surface area contributed by atoms with E-state index in [1.807, 2.05) is 38.4 Å². The Morgan fingerprint density at radius 2 is 2.04 bits per heavy atom. The zero-order valence-electron chi connectivity index (χ0n) is 14.7. The first kappa shape index (κ1) is 16.8. The molecule has 2 heterocycles. The molecule has 3 aromatic rings. The molecule has 4 rings (SSSR count). The fourth-order valence-electron chi connectivity index (χ4n) is 3.22. The molecule has 1 fully saturated rings. The largest absolute Gasteiger partial charge is 0.362 e. The van der Waals surface area contributed by atoms with E-state index in [2.05, 4.69) is 15.0 Å². The number of benzene rings is 1. The molecule has 8 heteroatoms. The van der Waals surface area contributed by atoms with Gasteiger partial charge in [-0.05, 0) is 30.5 Å². The number of hydrogen-bond donors (Lipinski definition) is 1. The minimum absolute atomic E-state index is 0.495. The van der Waals surface area contributed by atoms with Crippen molar-refractivity contribution in [3.63, 3.8) is 0 Å². The average Bonchev–Trinajstić information content (AvgIpc) is 3.38. The molecule has 0 radical (unpaired) electrons. The summed E-state index contributed by atoms with van der Waals surface area (Å²) >= 11 is 0. The highest BCUT2D eigenvalue weighted by molar-refractivity contribution is 7.98. The monoisotopic (exact) mass is 368 g/mol. The molecule has 0 aliphatic heterocycles. The van der Waals surface area contributed by atoms with Gasteiger partial charge in [0.05, 0.1) is 22.0 Å². The summed E-state index contributed by atoms with van der Waals surface area (Å²) in [7, 11) is 2.64. The highest BCUT2D eigenvalue weighted by Crippen LogP contribution is 2.43. The zero-order chi connectivity index (χ0) is 18.3. The van der Waals surface area contributed by atoms with E-state index in [0.717, 1.165) is 47.4 Å². The summed E-state index contributed by atoms with van der Waals surface area (Å²) in [5.74, 6) is 2.13. The Hall–Kier alpha value is -2.61. The molecule has 1 saturated carbocycles. The summed E-state index contributed by atoms with van der Waals surface area (Å²) in [4.78, 5) is 11.8. The lowest BCUT2D eigenvalue weighted by Gasteiger charge is -2.21. The minimum atomic E-state index is -1.37. The molecule has 0 amide bonds. The molecule has 26 heavy (non-hydrogen) atoms. The second-order valence-corrected chi connectivity index (χ2v) is 7.98. The van der Waals surface area contributed by atoms with E-state index >= 15 is 0 Å². The van der Waals surface area contributed by atoms with Crippen molar-refractivity contribution in [1.82, 2.24) is 19.6 Å². The molecular weight excluding hydrogens is 348 g/mol. The molecule has 1 N–H and O–H groups in total. The van der Waals surface area contributed by atoms with Gasteiger partial charge in [0.1, 0.15) is 12.1 Å². The zero-order valence-corrected chi connectivity index (χ0v) is 15.5. The first-order valence-electron chi connectivity index (χ1n) is 8.48. The van der Waals surface area contributed by atoms with Gasteiger partial charge in [-0.15, -0.1) is 0 Å². The van der Waals surface area contributed by atoms with Gasteiger partial charge < -0.3 is 4.90 Å². The number of hydrogen-bond acceptors (Lipinski definition) is 6. The first-order valence-corrected chi connectivity index (χ1v) is 9.69. The molecular formula is C18H20N6OS. The molecule has 1 aliphatic carbocycles. The maximum absolute atomic E-state index is 11.7. The Labute approximate surface area is 154 Å². The normalized spacial score (nSPS) is 15.2. The third-order valence-electron chi connectivity index (χ3n) is 4.56. The number of nitrogens with zero attached hydrogens (tertiary/aromatic N) is 5. The smallest absolute Gasteiger partial charge is 0.254 e. The van der Waals surface area contributed by atoms with Gasteiger partial charge in [-0.3, -0.25) is 5.41 Å². The van der Waals surface area contributed by atoms with Crippen LogP contribution in [0.4, 0.5) is 5.82 Å². The molecule has 134 valence electrons. The summed E-state index contributed by atoms with van der Waals surface area (Å²) in [5.41, 5.74) is 4.34. The topological polar surface area (TPSA) is 87.2 Å². The van der Waals surface area contributed by atoms with Crippen molar-refractivity contribution in [2.45, 2.75) is 30.1 Å². The number of anilines is 1. The van der Waals surface area contributed by atoms with Gasteiger partial charge >= 0.3 is 0 Å². The molecule has 1 atom stereocenters. The summed E-state index contributed by atoms with van der Waals surface area (Å²) in [6, 6.07) is 7.59. The lowest BCUT2D eigenvalue weighted by Crippen LogP contribution is -2.19. The molecule has 2 aromatic heterocycles. The summed E-state index contributed by atoms with van der Waals surface area (Å²) in [6.45, 7) is 0. The van der Waals surface area contributed by atoms with E-state index in [4.69, 9.17) is 10.4 Å². The second kappa shape index (κ2) is 6.60. The van der Waals surface area contributed by atoms with E-state index in [1.165, 1.54) is 6.33 Å². The van der Waals surface area contributed by atoms with Crippen LogP contribution in [0.1, 0.15) is 35.6 Å². The van der Waals surface area contributed by atoms with Crippen molar-refractivity contribution in [2.75, 3.05) is 19.0 Å². The molecule has 7 nitrogen and oxygen atoms in total. The van der Waals surface area contributed by atoms with Crippen molar-refractivity contribution < 1.29 is 4.21 Å². The summed E-state index contributed by atoms with van der Waals surface area (Å²) in [6.07, 6.45) is 4.58. The van der Waals surface area contributed by atoms with Gasteiger partial charge in [-0.1, -0.05) is 12.1 Å². The molecule has 0 bridgehead atoms. The van der Waals surface area contributed by atoms with Crippen LogP contribution in [0.2, 0.25) is 0 Å². The van der Waals surface area contributed by atoms with E-state index in [9.17, 15) is 4.21 Å². The van der Waals surface area contributed by atoms with Gasteiger partial charge in [-0.25, -0.2) is 9.19 Å². The number of nitrogens with one attached hydrogen (secondary N) is 1. The Morgan fingerprint density at radius 3 is 2.65 bits per heavy atom. The van der Waals surface area contributed by atoms with E-state index in [0.29, 0.717) is 16.6 Å². The summed E-state index contributed by atoms with van der Waals surface area (Å²) < 4.78 is 13.5. The third-order valence-corrected chi connectivity index (χ3v) is 5.51. The van der Waals surface area contributed by atoms with Crippen LogP contribution in [0.15, 0.2) is 35.5 Å². The quantitative estimate of drug-likeness (QED) is 0.533. The standard InChI is InChI=1S/C18H20N6OS/c1-23(2)17-15(9-12-3-7-14(8-4-12)26(25)10-19)16(13-5-6-13)22-18-20-11-21-24(17)18/h3-4,7-8,10-11,13,19H,5-6,9H2,1-2H3. The van der Waals surface area contributed by atoms with Crippen LogP contribution >= 0.6 is 0 Å². The lowest BCUT2D eigenvalue weighted by molar-refractivity contribution is 0.690. The molecule has 0 spiro atoms. The maximum Gasteiger partial charge on any atom is 0.254 e. The van der Waals surface area contributed by atoms with E-state index < -0.39 is 10.8 Å². The summed E-state index contributed by atoms with van der Waals surface area (Å²) in [5, 5.41) is 11.5. The van der Waals surface area contributed by atoms with E-state index in [1.54, 1.807) is 4.52 Å². The predicted molar refractivity (Wildman–Crippen MR) is 102 cm³/mol. The fourth-order valence-corrected chi connectivity index (χ4v) is 3.76. The van der Waals surface area contributed by atoms with Crippen molar-refractivity contribution in [2.24, 2.45) is 0 Å². The highest BCUT2D eigenvalue weighted by atomic mass is 32.2. The average molecular weight is 368 g/mol. The van der Waals surface area contributed by atoms with Crippen LogP contribution in [0.5, 0.6) is 0 Å². The van der Waals surface area contributed by atoms with Gasteiger partial charge in [0.2, 0.25) is 0 Å². The molecule has 1 unspecified atom stereocenters. The Bertz CT molecular complexity index is 991. The van der Waals surface area contributed by atoms with Crippen LogP contribution < -0.4 is 4.90 Å². The Kier molecular flexibility index (Phi) is 4.28. The van der Waals surface area contributed by atoms with Crippen LogP contribution in [-0.4, -0.2) is 43.4 Å². The molecule has 1 aromatic carbocycles. The first-order chi connectivity index (χ1) is 12.6. The maximum atomic E-state index is 11.7. The van der Waals surface area contributed by atoms with Crippen molar-refractivity contribution >= 4 is 27.9 Å². The van der Waals surface area contributed by atoms with E-state index in [-0.39, 0.29) is 0 Å². The van der Waals surface area contributed by atoms with Crippen LogP contribution in [0.3, 0.4) is 0 Å². The van der Waals surface area contributed by atoms with Crippen LogP contribution in [-0.2, 0) is 17.2 Å². The minimum Gasteiger partial charge on any atom is -0.362 e. The van der Waals surface area contributed by atoms with Crippen molar-refractivity contribution in [3.05, 3.63) is 47.4 Å². The molecule has 1 aliphatic rings. The SMILES string of the molecule is CN(C)c1c(Cc2ccc(S(=O)C=N)cc2)c(C2CC2)nc2ncnn12. The third kappa shape index (κ3) is 3.01. The number of rotatable bonds is 6. The van der Waals surface area contributed by atoms with Crippen LogP contribution in [0.25, 0.3) is 5.78 Å².